The fourth-order valence-electron chi connectivity index (χ4n) is 3.50. The molecule has 0 aliphatic carbocycles. The molecule has 20 heavy (non-hydrogen) atoms. The van der Waals surface area contributed by atoms with Gasteiger partial charge in [0.15, 0.2) is 0 Å². The molecule has 5 nitrogen and oxygen atoms in total. The Morgan fingerprint density at radius 3 is 2.80 bits per heavy atom. The number of aryl methyl sites for hydroxylation is 1. The average Bonchev–Trinajstić information content (AvgIpc) is 3.17. The van der Waals surface area contributed by atoms with Crippen LogP contribution in [0.1, 0.15) is 51.3 Å². The van der Waals surface area contributed by atoms with Gasteiger partial charge >= 0.3 is 0 Å². The molecule has 2 N–H and O–H groups in total. The second-order valence-electron chi connectivity index (χ2n) is 6.21. The van der Waals surface area contributed by atoms with Crippen LogP contribution >= 0.6 is 0 Å². The summed E-state index contributed by atoms with van der Waals surface area (Å²) in [5, 5.41) is 11.1. The van der Waals surface area contributed by atoms with Crippen molar-refractivity contribution in [3.8, 4) is 0 Å². The van der Waals surface area contributed by atoms with E-state index in [2.05, 4.69) is 32.3 Å². The van der Waals surface area contributed by atoms with Crippen LogP contribution in [-0.2, 0) is 6.42 Å². The van der Waals surface area contributed by atoms with Crippen molar-refractivity contribution in [2.45, 2.75) is 57.9 Å². The van der Waals surface area contributed by atoms with Crippen molar-refractivity contribution >= 4 is 5.95 Å². The molecule has 5 heteroatoms. The lowest BCUT2D eigenvalue weighted by molar-refractivity contribution is 0.317. The van der Waals surface area contributed by atoms with E-state index in [1.54, 1.807) is 0 Å². The van der Waals surface area contributed by atoms with Gasteiger partial charge in [0.25, 0.3) is 0 Å². The van der Waals surface area contributed by atoms with E-state index in [1.165, 1.54) is 45.1 Å². The Morgan fingerprint density at radius 2 is 2.10 bits per heavy atom. The van der Waals surface area contributed by atoms with Crippen molar-refractivity contribution in [2.75, 3.05) is 24.5 Å². The summed E-state index contributed by atoms with van der Waals surface area (Å²) >= 11 is 0. The van der Waals surface area contributed by atoms with Crippen LogP contribution in [0.3, 0.4) is 0 Å². The van der Waals surface area contributed by atoms with Crippen LogP contribution in [0.2, 0.25) is 0 Å². The van der Waals surface area contributed by atoms with Crippen LogP contribution in [0.25, 0.3) is 0 Å². The maximum Gasteiger partial charge on any atom is 0.244 e. The average molecular weight is 277 g/mol. The van der Waals surface area contributed by atoms with Gasteiger partial charge in [-0.1, -0.05) is 13.3 Å². The summed E-state index contributed by atoms with van der Waals surface area (Å²) < 4.78 is 0. The minimum atomic E-state index is 0.768. The predicted octanol–water partition coefficient (Wildman–Crippen LogP) is 2.12. The fourth-order valence-corrected chi connectivity index (χ4v) is 3.50. The summed E-state index contributed by atoms with van der Waals surface area (Å²) in [5.74, 6) is 2.81. The summed E-state index contributed by atoms with van der Waals surface area (Å²) in [6.07, 6.45) is 8.68. The molecule has 3 rings (SSSR count). The molecule has 1 aromatic rings. The van der Waals surface area contributed by atoms with Gasteiger partial charge < -0.3 is 10.2 Å². The Labute approximate surface area is 121 Å². The molecule has 1 atom stereocenters. The van der Waals surface area contributed by atoms with E-state index in [9.17, 15) is 0 Å². The van der Waals surface area contributed by atoms with Crippen LogP contribution in [-0.4, -0.2) is 40.9 Å². The van der Waals surface area contributed by atoms with Gasteiger partial charge in [-0.3, -0.25) is 5.10 Å². The molecule has 0 saturated carbocycles. The van der Waals surface area contributed by atoms with Crippen LogP contribution in [0.4, 0.5) is 5.95 Å². The van der Waals surface area contributed by atoms with Gasteiger partial charge in [0, 0.05) is 25.6 Å². The fraction of sp³-hybridized carbons (Fsp3) is 0.867. The second kappa shape index (κ2) is 6.57. The molecular weight excluding hydrogens is 250 g/mol. The lowest BCUT2D eigenvalue weighted by atomic mass is 9.89. The molecule has 112 valence electrons. The Kier molecular flexibility index (Phi) is 4.55. The van der Waals surface area contributed by atoms with E-state index in [1.807, 2.05) is 0 Å². The topological polar surface area (TPSA) is 56.8 Å². The van der Waals surface area contributed by atoms with Gasteiger partial charge in [0.2, 0.25) is 5.95 Å². The molecular formula is C15H27N5. The number of aromatic nitrogens is 3. The molecule has 0 aromatic carbocycles. The largest absolute Gasteiger partial charge is 0.340 e. The normalized spacial score (nSPS) is 24.4. The second-order valence-corrected chi connectivity index (χ2v) is 6.21. The van der Waals surface area contributed by atoms with Crippen molar-refractivity contribution in [3.05, 3.63) is 5.82 Å². The number of H-pyrrole nitrogens is 1. The summed E-state index contributed by atoms with van der Waals surface area (Å²) in [6.45, 7) is 5.63. The highest BCUT2D eigenvalue weighted by Gasteiger charge is 2.29. The quantitative estimate of drug-likeness (QED) is 0.865. The van der Waals surface area contributed by atoms with Crippen LogP contribution in [0.5, 0.6) is 0 Å². The summed E-state index contributed by atoms with van der Waals surface area (Å²) in [7, 11) is 0. The van der Waals surface area contributed by atoms with E-state index < -0.39 is 0 Å². The standard InChI is InChI=1S/C15H27N5/c1-2-3-6-14-17-15(19-18-14)20-10-7-12(8-11-20)13-5-4-9-16-13/h12-13,16H,2-11H2,1H3,(H,17,18,19). The Balaban J connectivity index is 1.51. The lowest BCUT2D eigenvalue weighted by Crippen LogP contribution is -2.41. The zero-order valence-electron chi connectivity index (χ0n) is 12.6. The third-order valence-electron chi connectivity index (χ3n) is 4.78. The molecule has 0 radical (unpaired) electrons. The molecule has 2 aliphatic rings. The first kappa shape index (κ1) is 13.9. The zero-order chi connectivity index (χ0) is 13.8. The van der Waals surface area contributed by atoms with Gasteiger partial charge in [-0.15, -0.1) is 5.10 Å². The third kappa shape index (κ3) is 3.14. The number of nitrogens with one attached hydrogen (secondary N) is 2. The summed E-state index contributed by atoms with van der Waals surface area (Å²) in [5.41, 5.74) is 0. The first-order valence-corrected chi connectivity index (χ1v) is 8.26. The van der Waals surface area contributed by atoms with Gasteiger partial charge in [0.05, 0.1) is 0 Å². The number of piperidine rings is 1. The van der Waals surface area contributed by atoms with Gasteiger partial charge in [-0.2, -0.15) is 4.98 Å². The number of nitrogens with zero attached hydrogens (tertiary/aromatic N) is 3. The summed E-state index contributed by atoms with van der Waals surface area (Å²) in [4.78, 5) is 6.98. The maximum absolute atomic E-state index is 4.64. The molecule has 1 aromatic heterocycles. The predicted molar refractivity (Wildman–Crippen MR) is 81.0 cm³/mol. The SMILES string of the molecule is CCCCc1nc(N2CCC(C3CCCN3)CC2)n[nH]1. The number of aromatic amines is 1. The molecule has 0 spiro atoms. The summed E-state index contributed by atoms with van der Waals surface area (Å²) in [6, 6.07) is 0.768. The Morgan fingerprint density at radius 1 is 1.25 bits per heavy atom. The van der Waals surface area contributed by atoms with E-state index in [-0.39, 0.29) is 0 Å². The van der Waals surface area contributed by atoms with Crippen LogP contribution in [0, 0.1) is 5.92 Å². The number of anilines is 1. The van der Waals surface area contributed by atoms with E-state index in [0.717, 1.165) is 43.2 Å². The number of hydrogen-bond acceptors (Lipinski definition) is 4. The molecule has 0 amide bonds. The first-order valence-electron chi connectivity index (χ1n) is 8.26. The Bertz CT molecular complexity index is 402. The van der Waals surface area contributed by atoms with Crippen LogP contribution in [0.15, 0.2) is 0 Å². The number of rotatable bonds is 5. The molecule has 2 fully saturated rings. The number of unbranched alkanes of at least 4 members (excludes halogenated alkanes) is 1. The van der Waals surface area contributed by atoms with Crippen molar-refractivity contribution in [2.24, 2.45) is 5.92 Å². The van der Waals surface area contributed by atoms with Gasteiger partial charge in [-0.05, 0) is 44.6 Å². The molecule has 0 bridgehead atoms. The molecule has 2 saturated heterocycles. The Hall–Kier alpha value is -1.10. The van der Waals surface area contributed by atoms with E-state index in [0.29, 0.717) is 0 Å². The first-order chi connectivity index (χ1) is 9.86. The highest BCUT2D eigenvalue weighted by molar-refractivity contribution is 5.29. The minimum Gasteiger partial charge on any atom is -0.340 e. The molecule has 1 unspecified atom stereocenters. The van der Waals surface area contributed by atoms with Gasteiger partial charge in [0.1, 0.15) is 5.82 Å². The maximum atomic E-state index is 4.64. The van der Waals surface area contributed by atoms with E-state index in [4.69, 9.17) is 0 Å². The smallest absolute Gasteiger partial charge is 0.244 e. The monoisotopic (exact) mass is 277 g/mol. The van der Waals surface area contributed by atoms with Crippen molar-refractivity contribution in [3.63, 3.8) is 0 Å². The zero-order valence-corrected chi connectivity index (χ0v) is 12.6. The van der Waals surface area contributed by atoms with Crippen molar-refractivity contribution < 1.29 is 0 Å². The number of hydrogen-bond donors (Lipinski definition) is 2. The highest BCUT2D eigenvalue weighted by Crippen LogP contribution is 2.27. The minimum absolute atomic E-state index is 0.768. The molecule has 2 aliphatic heterocycles. The highest BCUT2D eigenvalue weighted by atomic mass is 15.4. The molecule has 3 heterocycles. The lowest BCUT2D eigenvalue weighted by Gasteiger charge is -2.34. The van der Waals surface area contributed by atoms with Gasteiger partial charge in [-0.25, -0.2) is 0 Å². The third-order valence-corrected chi connectivity index (χ3v) is 4.78. The van der Waals surface area contributed by atoms with Crippen LogP contribution < -0.4 is 10.2 Å². The van der Waals surface area contributed by atoms with Crippen molar-refractivity contribution in [1.82, 2.24) is 20.5 Å². The van der Waals surface area contributed by atoms with E-state index >= 15 is 0 Å². The van der Waals surface area contributed by atoms with Crippen molar-refractivity contribution in [1.29, 1.82) is 0 Å².